The third-order valence-corrected chi connectivity index (χ3v) is 2.33. The van der Waals surface area contributed by atoms with Gasteiger partial charge in [-0.15, -0.1) is 12.4 Å². The summed E-state index contributed by atoms with van der Waals surface area (Å²) in [5, 5.41) is 12.0. The van der Waals surface area contributed by atoms with Crippen LogP contribution in [-0.4, -0.2) is 24.3 Å². The maximum atomic E-state index is 8.70. The van der Waals surface area contributed by atoms with Gasteiger partial charge in [0.05, 0.1) is 6.61 Å². The predicted molar refractivity (Wildman–Crippen MR) is 37.7 cm³/mol. The average Bonchev–Trinajstić information content (AvgIpc) is 2.46. The fourth-order valence-electron chi connectivity index (χ4n) is 1.65. The fraction of sp³-hybridized carbons (Fsp3) is 1.00. The molecule has 1 saturated carbocycles. The first kappa shape index (κ1) is 7.32. The monoisotopic (exact) mass is 149 g/mol. The highest BCUT2D eigenvalue weighted by atomic mass is 35.5. The van der Waals surface area contributed by atoms with Crippen LogP contribution < -0.4 is 5.32 Å². The number of aliphatic hydroxyl groups is 1. The second-order valence-electron chi connectivity index (χ2n) is 2.86. The standard InChI is InChI=1S/C6H11NO.ClH/c8-3-6-5-1-4(5)2-7-6;/h4-8H,1-3H2;1H/t4?,5?,6-;/m0./s1. The van der Waals surface area contributed by atoms with Crippen molar-refractivity contribution >= 4 is 12.4 Å². The van der Waals surface area contributed by atoms with Crippen LogP contribution >= 0.6 is 12.4 Å². The van der Waals surface area contributed by atoms with E-state index in [0.29, 0.717) is 12.6 Å². The smallest absolute Gasteiger partial charge is 0.0587 e. The predicted octanol–water partition coefficient (Wildman–Crippen LogP) is 0.00840. The number of halogens is 1. The minimum absolute atomic E-state index is 0. The van der Waals surface area contributed by atoms with E-state index in [9.17, 15) is 0 Å². The number of piperidine rings is 1. The molecule has 0 aromatic rings. The molecule has 0 spiro atoms. The van der Waals surface area contributed by atoms with Crippen LogP contribution in [0.15, 0.2) is 0 Å². The van der Waals surface area contributed by atoms with Gasteiger partial charge in [-0.3, -0.25) is 0 Å². The minimum atomic E-state index is 0. The Labute approximate surface area is 61.0 Å². The zero-order chi connectivity index (χ0) is 5.56. The van der Waals surface area contributed by atoms with E-state index in [0.717, 1.165) is 18.4 Å². The Morgan fingerprint density at radius 1 is 1.56 bits per heavy atom. The van der Waals surface area contributed by atoms with E-state index in [2.05, 4.69) is 5.32 Å². The summed E-state index contributed by atoms with van der Waals surface area (Å²) in [6.07, 6.45) is 1.36. The Morgan fingerprint density at radius 2 is 2.33 bits per heavy atom. The van der Waals surface area contributed by atoms with Gasteiger partial charge in [-0.2, -0.15) is 0 Å². The van der Waals surface area contributed by atoms with Gasteiger partial charge >= 0.3 is 0 Å². The summed E-state index contributed by atoms with van der Waals surface area (Å²) < 4.78 is 0. The quantitative estimate of drug-likeness (QED) is 0.551. The van der Waals surface area contributed by atoms with Gasteiger partial charge < -0.3 is 10.4 Å². The van der Waals surface area contributed by atoms with E-state index in [1.807, 2.05) is 0 Å². The molecule has 2 nitrogen and oxygen atoms in total. The number of nitrogens with one attached hydrogen (secondary N) is 1. The maximum absolute atomic E-state index is 8.70. The molecule has 54 valence electrons. The van der Waals surface area contributed by atoms with Crippen LogP contribution in [0.4, 0.5) is 0 Å². The molecular formula is C6H12ClNO. The van der Waals surface area contributed by atoms with E-state index in [-0.39, 0.29) is 12.4 Å². The first-order chi connectivity index (χ1) is 3.92. The van der Waals surface area contributed by atoms with Crippen LogP contribution in [0.25, 0.3) is 0 Å². The van der Waals surface area contributed by atoms with Crippen LogP contribution in [-0.2, 0) is 0 Å². The lowest BCUT2D eigenvalue weighted by Crippen LogP contribution is -2.29. The molecule has 2 aliphatic rings. The second kappa shape index (κ2) is 2.45. The highest BCUT2D eigenvalue weighted by Gasteiger charge is 2.47. The van der Waals surface area contributed by atoms with Gasteiger partial charge in [-0.25, -0.2) is 0 Å². The molecule has 2 unspecified atom stereocenters. The lowest BCUT2D eigenvalue weighted by Gasteiger charge is -2.06. The van der Waals surface area contributed by atoms with Gasteiger partial charge in [0.25, 0.3) is 0 Å². The second-order valence-corrected chi connectivity index (χ2v) is 2.86. The molecule has 2 fully saturated rings. The molecule has 1 saturated heterocycles. The third kappa shape index (κ3) is 1.07. The van der Waals surface area contributed by atoms with Gasteiger partial charge in [0.1, 0.15) is 0 Å². The molecular weight excluding hydrogens is 138 g/mol. The van der Waals surface area contributed by atoms with Gasteiger partial charge in [0.15, 0.2) is 0 Å². The molecule has 0 aromatic heterocycles. The van der Waals surface area contributed by atoms with Crippen molar-refractivity contribution in [1.29, 1.82) is 0 Å². The average molecular weight is 150 g/mol. The first-order valence-electron chi connectivity index (χ1n) is 3.26. The normalized spacial score (nSPS) is 45.7. The molecule has 1 aliphatic carbocycles. The zero-order valence-corrected chi connectivity index (χ0v) is 6.03. The van der Waals surface area contributed by atoms with Crippen molar-refractivity contribution in [3.05, 3.63) is 0 Å². The topological polar surface area (TPSA) is 32.3 Å². The summed E-state index contributed by atoms with van der Waals surface area (Å²) in [4.78, 5) is 0. The van der Waals surface area contributed by atoms with E-state index >= 15 is 0 Å². The Bertz CT molecular complexity index is 109. The van der Waals surface area contributed by atoms with Crippen LogP contribution in [0, 0.1) is 11.8 Å². The molecule has 0 radical (unpaired) electrons. The Kier molecular flexibility index (Phi) is 1.99. The summed E-state index contributed by atoms with van der Waals surface area (Å²) >= 11 is 0. The minimum Gasteiger partial charge on any atom is -0.395 e. The number of fused-ring (bicyclic) bond motifs is 1. The summed E-state index contributed by atoms with van der Waals surface area (Å²) in [7, 11) is 0. The van der Waals surface area contributed by atoms with Crippen LogP contribution in [0.1, 0.15) is 6.42 Å². The van der Waals surface area contributed by atoms with Gasteiger partial charge in [0, 0.05) is 6.04 Å². The van der Waals surface area contributed by atoms with Crippen molar-refractivity contribution in [2.75, 3.05) is 13.2 Å². The van der Waals surface area contributed by atoms with Crippen LogP contribution in [0.2, 0.25) is 0 Å². The molecule has 3 atom stereocenters. The molecule has 1 aliphatic heterocycles. The van der Waals surface area contributed by atoms with Gasteiger partial charge in [0.2, 0.25) is 0 Å². The highest BCUT2D eigenvalue weighted by molar-refractivity contribution is 5.85. The lowest BCUT2D eigenvalue weighted by molar-refractivity contribution is 0.242. The molecule has 3 heteroatoms. The maximum Gasteiger partial charge on any atom is 0.0587 e. The summed E-state index contributed by atoms with van der Waals surface area (Å²) in [6, 6.07) is 0.444. The van der Waals surface area contributed by atoms with Crippen molar-refractivity contribution in [3.8, 4) is 0 Å². The Morgan fingerprint density at radius 3 is 2.56 bits per heavy atom. The zero-order valence-electron chi connectivity index (χ0n) is 5.21. The molecule has 1 heterocycles. The summed E-state index contributed by atoms with van der Waals surface area (Å²) in [6.45, 7) is 1.48. The number of aliphatic hydroxyl groups excluding tert-OH is 1. The van der Waals surface area contributed by atoms with E-state index in [1.54, 1.807) is 0 Å². The van der Waals surface area contributed by atoms with Crippen molar-refractivity contribution < 1.29 is 5.11 Å². The lowest BCUT2D eigenvalue weighted by atomic mass is 10.2. The van der Waals surface area contributed by atoms with Crippen LogP contribution in [0.5, 0.6) is 0 Å². The van der Waals surface area contributed by atoms with Crippen molar-refractivity contribution in [3.63, 3.8) is 0 Å². The molecule has 0 amide bonds. The molecule has 0 bridgehead atoms. The Hall–Kier alpha value is 0.210. The molecule has 2 N–H and O–H groups in total. The van der Waals surface area contributed by atoms with E-state index < -0.39 is 0 Å². The number of hydrogen-bond acceptors (Lipinski definition) is 2. The van der Waals surface area contributed by atoms with Gasteiger partial charge in [-0.1, -0.05) is 0 Å². The third-order valence-electron chi connectivity index (χ3n) is 2.33. The summed E-state index contributed by atoms with van der Waals surface area (Å²) in [5.74, 6) is 1.76. The first-order valence-corrected chi connectivity index (χ1v) is 3.26. The SMILES string of the molecule is Cl.OC[C@@H]1NCC2CC21. The van der Waals surface area contributed by atoms with Crippen molar-refractivity contribution in [2.45, 2.75) is 12.5 Å². The van der Waals surface area contributed by atoms with Gasteiger partial charge in [-0.05, 0) is 24.8 Å². The van der Waals surface area contributed by atoms with Crippen molar-refractivity contribution in [2.24, 2.45) is 11.8 Å². The molecule has 9 heavy (non-hydrogen) atoms. The summed E-state index contributed by atoms with van der Waals surface area (Å²) in [5.41, 5.74) is 0. The molecule has 2 rings (SSSR count). The fourth-order valence-corrected chi connectivity index (χ4v) is 1.65. The molecule has 0 aromatic carbocycles. The number of rotatable bonds is 1. The van der Waals surface area contributed by atoms with E-state index in [1.165, 1.54) is 6.42 Å². The largest absolute Gasteiger partial charge is 0.395 e. The van der Waals surface area contributed by atoms with Crippen LogP contribution in [0.3, 0.4) is 0 Å². The Balaban J connectivity index is 0.000000405. The number of hydrogen-bond donors (Lipinski definition) is 2. The van der Waals surface area contributed by atoms with E-state index in [4.69, 9.17) is 5.11 Å². The highest BCUT2D eigenvalue weighted by Crippen LogP contribution is 2.44. The van der Waals surface area contributed by atoms with Crippen molar-refractivity contribution in [1.82, 2.24) is 5.32 Å².